The van der Waals surface area contributed by atoms with Crippen LogP contribution in [0.3, 0.4) is 0 Å². The van der Waals surface area contributed by atoms with E-state index in [-0.39, 0.29) is 29.8 Å². The molecule has 174 valence electrons. The minimum absolute atomic E-state index is 0.00830. The molecule has 3 aliphatic rings. The number of likely N-dealkylation sites (tertiary alicyclic amines) is 1. The van der Waals surface area contributed by atoms with Crippen molar-refractivity contribution in [1.29, 1.82) is 0 Å². The standard InChI is InChI=1S/C25H36N4O3/c1-2-26-23(30)18-27-13-8-14-28(16-15-27)25(32)22-17-20-11-6-7-12-21(20)29(22)24(31)19-9-4-3-5-10-19/h3-5,9-10,20-22H,2,6-8,11-18H2,1H3,(H,26,30). The largest absolute Gasteiger partial charge is 0.355 e. The zero-order valence-corrected chi connectivity index (χ0v) is 19.2. The van der Waals surface area contributed by atoms with E-state index >= 15 is 0 Å². The summed E-state index contributed by atoms with van der Waals surface area (Å²) in [4.78, 5) is 45.2. The predicted octanol–water partition coefficient (Wildman–Crippen LogP) is 2.13. The number of hydrogen-bond donors (Lipinski definition) is 1. The smallest absolute Gasteiger partial charge is 0.254 e. The Morgan fingerprint density at radius 3 is 2.53 bits per heavy atom. The Bertz CT molecular complexity index is 815. The van der Waals surface area contributed by atoms with Crippen LogP contribution in [0.4, 0.5) is 0 Å². The van der Waals surface area contributed by atoms with Crippen LogP contribution >= 0.6 is 0 Å². The summed E-state index contributed by atoms with van der Waals surface area (Å²) in [5.74, 6) is 0.535. The Morgan fingerprint density at radius 1 is 0.969 bits per heavy atom. The Hall–Kier alpha value is -2.41. The van der Waals surface area contributed by atoms with Crippen molar-refractivity contribution in [2.45, 2.75) is 57.5 Å². The second kappa shape index (κ2) is 10.5. The number of benzene rings is 1. The van der Waals surface area contributed by atoms with Crippen molar-refractivity contribution in [3.8, 4) is 0 Å². The van der Waals surface area contributed by atoms with E-state index in [4.69, 9.17) is 0 Å². The number of likely N-dealkylation sites (N-methyl/N-ethyl adjacent to an activating group) is 1. The van der Waals surface area contributed by atoms with Crippen LogP contribution in [0.15, 0.2) is 30.3 Å². The molecular weight excluding hydrogens is 404 g/mol. The Morgan fingerprint density at radius 2 is 1.75 bits per heavy atom. The Labute approximate surface area is 191 Å². The molecule has 7 nitrogen and oxygen atoms in total. The minimum Gasteiger partial charge on any atom is -0.355 e. The Balaban J connectivity index is 1.47. The minimum atomic E-state index is -0.370. The molecule has 32 heavy (non-hydrogen) atoms. The van der Waals surface area contributed by atoms with Gasteiger partial charge in [0.05, 0.1) is 6.54 Å². The van der Waals surface area contributed by atoms with Gasteiger partial charge in [0.2, 0.25) is 11.8 Å². The molecule has 0 radical (unpaired) electrons. The third kappa shape index (κ3) is 4.98. The lowest BCUT2D eigenvalue weighted by Gasteiger charge is -2.35. The first-order valence-corrected chi connectivity index (χ1v) is 12.2. The van der Waals surface area contributed by atoms with Crippen LogP contribution in [-0.4, -0.2) is 83.8 Å². The molecule has 3 fully saturated rings. The first kappa shape index (κ1) is 22.8. The van der Waals surface area contributed by atoms with E-state index in [9.17, 15) is 14.4 Å². The molecule has 3 unspecified atom stereocenters. The lowest BCUT2D eigenvalue weighted by molar-refractivity contribution is -0.135. The fourth-order valence-corrected chi connectivity index (χ4v) is 5.72. The van der Waals surface area contributed by atoms with Gasteiger partial charge in [-0.2, -0.15) is 0 Å². The number of rotatable bonds is 5. The molecule has 2 aliphatic heterocycles. The van der Waals surface area contributed by atoms with E-state index in [2.05, 4.69) is 10.2 Å². The summed E-state index contributed by atoms with van der Waals surface area (Å²) in [7, 11) is 0. The number of nitrogens with zero attached hydrogens (tertiary/aromatic N) is 3. The molecule has 7 heteroatoms. The van der Waals surface area contributed by atoms with Gasteiger partial charge in [0.15, 0.2) is 0 Å². The third-order valence-corrected chi connectivity index (χ3v) is 7.27. The zero-order chi connectivity index (χ0) is 22.5. The van der Waals surface area contributed by atoms with E-state index in [1.165, 1.54) is 6.42 Å². The van der Waals surface area contributed by atoms with Crippen molar-refractivity contribution in [1.82, 2.24) is 20.0 Å². The molecule has 1 saturated carbocycles. The van der Waals surface area contributed by atoms with Crippen molar-refractivity contribution < 1.29 is 14.4 Å². The normalized spacial score (nSPS) is 26.3. The Kier molecular flexibility index (Phi) is 7.45. The van der Waals surface area contributed by atoms with Gasteiger partial charge in [-0.1, -0.05) is 31.0 Å². The van der Waals surface area contributed by atoms with Gasteiger partial charge in [0, 0.05) is 44.3 Å². The lowest BCUT2D eigenvalue weighted by atomic mass is 9.84. The topological polar surface area (TPSA) is 73.0 Å². The molecule has 0 aromatic heterocycles. The first-order chi connectivity index (χ1) is 15.6. The van der Waals surface area contributed by atoms with Crippen molar-refractivity contribution in [3.63, 3.8) is 0 Å². The average molecular weight is 441 g/mol. The van der Waals surface area contributed by atoms with Crippen molar-refractivity contribution in [2.75, 3.05) is 39.3 Å². The highest BCUT2D eigenvalue weighted by atomic mass is 16.2. The van der Waals surface area contributed by atoms with Gasteiger partial charge in [0.1, 0.15) is 6.04 Å². The molecule has 1 aromatic rings. The molecule has 1 N–H and O–H groups in total. The van der Waals surface area contributed by atoms with E-state index in [0.29, 0.717) is 44.2 Å². The number of nitrogens with one attached hydrogen (secondary N) is 1. The molecule has 0 spiro atoms. The molecular formula is C25H36N4O3. The molecule has 3 amide bonds. The van der Waals surface area contributed by atoms with E-state index < -0.39 is 0 Å². The van der Waals surface area contributed by atoms with Gasteiger partial charge < -0.3 is 15.1 Å². The van der Waals surface area contributed by atoms with Crippen molar-refractivity contribution in [3.05, 3.63) is 35.9 Å². The fourth-order valence-electron chi connectivity index (χ4n) is 5.72. The molecule has 0 bridgehead atoms. The van der Waals surface area contributed by atoms with Crippen LogP contribution in [0, 0.1) is 5.92 Å². The maximum absolute atomic E-state index is 13.7. The van der Waals surface area contributed by atoms with Gasteiger partial charge in [0.25, 0.3) is 5.91 Å². The SMILES string of the molecule is CCNC(=O)CN1CCCN(C(=O)C2CC3CCCCC3N2C(=O)c2ccccc2)CC1. The second-order valence-electron chi connectivity index (χ2n) is 9.35. The number of carbonyl (C=O) groups excluding carboxylic acids is 3. The van der Waals surface area contributed by atoms with Crippen LogP contribution in [0.25, 0.3) is 0 Å². The number of carbonyl (C=O) groups is 3. The molecule has 2 heterocycles. The quantitative estimate of drug-likeness (QED) is 0.761. The fraction of sp³-hybridized carbons (Fsp3) is 0.640. The molecule has 1 aliphatic carbocycles. The molecule has 4 rings (SSSR count). The third-order valence-electron chi connectivity index (χ3n) is 7.27. The summed E-state index contributed by atoms with van der Waals surface area (Å²) in [5.41, 5.74) is 0.667. The van der Waals surface area contributed by atoms with Crippen LogP contribution in [0.1, 0.15) is 55.8 Å². The first-order valence-electron chi connectivity index (χ1n) is 12.2. The molecule has 1 aromatic carbocycles. The number of amides is 3. The maximum Gasteiger partial charge on any atom is 0.254 e. The summed E-state index contributed by atoms with van der Waals surface area (Å²) in [6.07, 6.45) is 6.03. The highest BCUT2D eigenvalue weighted by Crippen LogP contribution is 2.41. The van der Waals surface area contributed by atoms with E-state index in [0.717, 1.165) is 38.6 Å². The van der Waals surface area contributed by atoms with Crippen LogP contribution in [-0.2, 0) is 9.59 Å². The van der Waals surface area contributed by atoms with Crippen LogP contribution in [0.5, 0.6) is 0 Å². The summed E-state index contributed by atoms with van der Waals surface area (Å²) in [6, 6.07) is 9.19. The van der Waals surface area contributed by atoms with E-state index in [1.54, 1.807) is 0 Å². The van der Waals surface area contributed by atoms with Gasteiger partial charge >= 0.3 is 0 Å². The second-order valence-corrected chi connectivity index (χ2v) is 9.35. The number of hydrogen-bond acceptors (Lipinski definition) is 4. The van der Waals surface area contributed by atoms with Gasteiger partial charge in [-0.25, -0.2) is 0 Å². The zero-order valence-electron chi connectivity index (χ0n) is 19.2. The molecule has 2 saturated heterocycles. The highest BCUT2D eigenvalue weighted by Gasteiger charge is 2.48. The van der Waals surface area contributed by atoms with Crippen LogP contribution < -0.4 is 5.32 Å². The van der Waals surface area contributed by atoms with Crippen molar-refractivity contribution >= 4 is 17.7 Å². The lowest BCUT2D eigenvalue weighted by Crippen LogP contribution is -2.51. The molecule has 3 atom stereocenters. The van der Waals surface area contributed by atoms with E-state index in [1.807, 2.05) is 47.1 Å². The maximum atomic E-state index is 13.7. The predicted molar refractivity (Wildman–Crippen MR) is 123 cm³/mol. The van der Waals surface area contributed by atoms with Crippen molar-refractivity contribution in [2.24, 2.45) is 5.92 Å². The van der Waals surface area contributed by atoms with Gasteiger partial charge in [-0.3, -0.25) is 19.3 Å². The summed E-state index contributed by atoms with van der Waals surface area (Å²) >= 11 is 0. The monoisotopic (exact) mass is 440 g/mol. The number of fused-ring (bicyclic) bond motifs is 1. The average Bonchev–Trinajstić information content (AvgIpc) is 3.05. The van der Waals surface area contributed by atoms with Crippen LogP contribution in [0.2, 0.25) is 0 Å². The van der Waals surface area contributed by atoms with Gasteiger partial charge in [-0.05, 0) is 50.7 Å². The summed E-state index contributed by atoms with van der Waals surface area (Å²) in [5, 5.41) is 2.85. The van der Waals surface area contributed by atoms with Gasteiger partial charge in [-0.15, -0.1) is 0 Å². The highest BCUT2D eigenvalue weighted by molar-refractivity contribution is 5.98. The summed E-state index contributed by atoms with van der Waals surface area (Å²) in [6.45, 7) is 5.72. The summed E-state index contributed by atoms with van der Waals surface area (Å²) < 4.78 is 0.